The first-order chi connectivity index (χ1) is 12.4. The molecule has 3 rings (SSSR count). The molecule has 2 aromatic carbocycles. The van der Waals surface area contributed by atoms with E-state index in [-0.39, 0.29) is 11.3 Å². The summed E-state index contributed by atoms with van der Waals surface area (Å²) in [6.07, 6.45) is 4.45. The van der Waals surface area contributed by atoms with Gasteiger partial charge in [0.05, 0.1) is 0 Å². The Morgan fingerprint density at radius 1 is 0.846 bits per heavy atom. The average Bonchev–Trinajstić information content (AvgIpc) is 2.63. The highest BCUT2D eigenvalue weighted by molar-refractivity contribution is 6.04. The van der Waals surface area contributed by atoms with E-state index in [2.05, 4.69) is 31.1 Å². The molecule has 132 valence electrons. The zero-order valence-electron chi connectivity index (χ0n) is 15.5. The number of benzene rings is 2. The lowest BCUT2D eigenvalue weighted by atomic mass is 9.87. The van der Waals surface area contributed by atoms with Crippen molar-refractivity contribution >= 4 is 11.6 Å². The first kappa shape index (κ1) is 17.9. The maximum Gasteiger partial charge on any atom is 0.255 e. The Labute approximate surface area is 155 Å². The van der Waals surface area contributed by atoms with Gasteiger partial charge < -0.3 is 5.32 Å². The Balaban J connectivity index is 1.64. The van der Waals surface area contributed by atoms with Crippen molar-refractivity contribution in [1.29, 1.82) is 0 Å². The lowest BCUT2D eigenvalue weighted by Crippen LogP contribution is -2.14. The number of hydrogen-bond acceptors (Lipinski definition) is 2. The van der Waals surface area contributed by atoms with Gasteiger partial charge in [-0.2, -0.15) is 0 Å². The number of amides is 1. The summed E-state index contributed by atoms with van der Waals surface area (Å²) in [5.41, 5.74) is 5.18. The van der Waals surface area contributed by atoms with E-state index in [1.807, 2.05) is 60.7 Å². The van der Waals surface area contributed by atoms with Crippen LogP contribution in [0.5, 0.6) is 0 Å². The summed E-state index contributed by atoms with van der Waals surface area (Å²) in [6, 6.07) is 19.8. The molecule has 0 aliphatic rings. The summed E-state index contributed by atoms with van der Waals surface area (Å²) < 4.78 is 0. The van der Waals surface area contributed by atoms with E-state index < -0.39 is 0 Å². The van der Waals surface area contributed by atoms with Crippen LogP contribution in [0.4, 0.5) is 5.69 Å². The van der Waals surface area contributed by atoms with Crippen molar-refractivity contribution in [3.63, 3.8) is 0 Å². The summed E-state index contributed by atoms with van der Waals surface area (Å²) in [5, 5.41) is 2.96. The van der Waals surface area contributed by atoms with Gasteiger partial charge in [-0.25, -0.2) is 0 Å². The second-order valence-electron chi connectivity index (χ2n) is 7.51. The zero-order valence-corrected chi connectivity index (χ0v) is 15.5. The minimum atomic E-state index is -0.0904. The molecular formula is C23H24N2O. The van der Waals surface area contributed by atoms with Crippen LogP contribution in [0.1, 0.15) is 47.8 Å². The van der Waals surface area contributed by atoms with Crippen LogP contribution in [0.3, 0.4) is 0 Å². The smallest absolute Gasteiger partial charge is 0.255 e. The number of aromatic nitrogens is 1. The molecule has 3 aromatic rings. The second kappa shape index (κ2) is 7.52. The number of nitrogens with one attached hydrogen (secondary N) is 1. The Morgan fingerprint density at radius 2 is 1.42 bits per heavy atom. The van der Waals surface area contributed by atoms with E-state index in [1.165, 1.54) is 16.7 Å². The van der Waals surface area contributed by atoms with Crippen molar-refractivity contribution in [2.24, 2.45) is 0 Å². The first-order valence-corrected chi connectivity index (χ1v) is 8.81. The average molecular weight is 344 g/mol. The van der Waals surface area contributed by atoms with Crippen LogP contribution in [-0.2, 0) is 11.8 Å². The first-order valence-electron chi connectivity index (χ1n) is 8.81. The van der Waals surface area contributed by atoms with Crippen LogP contribution < -0.4 is 5.32 Å². The van der Waals surface area contributed by atoms with Crippen molar-refractivity contribution in [2.45, 2.75) is 32.6 Å². The van der Waals surface area contributed by atoms with Crippen LogP contribution in [0, 0.1) is 0 Å². The normalized spacial score (nSPS) is 11.2. The van der Waals surface area contributed by atoms with Crippen LogP contribution >= 0.6 is 0 Å². The fourth-order valence-electron chi connectivity index (χ4n) is 2.77. The highest BCUT2D eigenvalue weighted by atomic mass is 16.1. The number of hydrogen-bond donors (Lipinski definition) is 1. The Bertz CT molecular complexity index is 861. The van der Waals surface area contributed by atoms with Crippen LogP contribution in [0.15, 0.2) is 73.1 Å². The fraction of sp³-hybridized carbons (Fsp3) is 0.217. The van der Waals surface area contributed by atoms with Crippen molar-refractivity contribution in [3.05, 3.63) is 95.3 Å². The number of carbonyl (C=O) groups excluding carboxylic acids is 1. The molecule has 0 unspecified atom stereocenters. The maximum absolute atomic E-state index is 12.4. The summed E-state index contributed by atoms with van der Waals surface area (Å²) in [7, 11) is 0. The van der Waals surface area contributed by atoms with Crippen LogP contribution in [0.2, 0.25) is 0 Å². The van der Waals surface area contributed by atoms with Crippen molar-refractivity contribution < 1.29 is 4.79 Å². The van der Waals surface area contributed by atoms with Crippen molar-refractivity contribution in [1.82, 2.24) is 4.98 Å². The SMILES string of the molecule is CC(C)(C)c1ccc(C(=O)Nc2ccc(Cc3ccncc3)cc2)cc1. The molecule has 0 fully saturated rings. The molecule has 1 aromatic heterocycles. The van der Waals surface area contributed by atoms with Gasteiger partial charge in [-0.05, 0) is 64.9 Å². The highest BCUT2D eigenvalue weighted by Crippen LogP contribution is 2.22. The van der Waals surface area contributed by atoms with Gasteiger partial charge in [0.2, 0.25) is 0 Å². The number of nitrogens with zero attached hydrogens (tertiary/aromatic N) is 1. The molecule has 0 spiro atoms. The summed E-state index contributed by atoms with van der Waals surface area (Å²) >= 11 is 0. The lowest BCUT2D eigenvalue weighted by Gasteiger charge is -2.19. The van der Waals surface area contributed by atoms with Crippen molar-refractivity contribution in [2.75, 3.05) is 5.32 Å². The molecule has 0 aliphatic carbocycles. The van der Waals surface area contributed by atoms with Gasteiger partial charge in [-0.3, -0.25) is 9.78 Å². The highest BCUT2D eigenvalue weighted by Gasteiger charge is 2.14. The molecule has 0 radical (unpaired) electrons. The molecule has 0 saturated heterocycles. The third-order valence-corrected chi connectivity index (χ3v) is 4.38. The third kappa shape index (κ3) is 4.57. The zero-order chi connectivity index (χ0) is 18.6. The minimum Gasteiger partial charge on any atom is -0.322 e. The predicted molar refractivity (Wildman–Crippen MR) is 107 cm³/mol. The van der Waals surface area contributed by atoms with Gasteiger partial charge >= 0.3 is 0 Å². The van der Waals surface area contributed by atoms with Gasteiger partial charge in [0.25, 0.3) is 5.91 Å². The van der Waals surface area contributed by atoms with Gasteiger partial charge in [0, 0.05) is 23.6 Å². The molecule has 0 atom stereocenters. The number of rotatable bonds is 4. The Hall–Kier alpha value is -2.94. The third-order valence-electron chi connectivity index (χ3n) is 4.38. The molecule has 1 amide bonds. The molecule has 0 saturated carbocycles. The Kier molecular flexibility index (Phi) is 5.17. The van der Waals surface area contributed by atoms with Crippen LogP contribution in [0.25, 0.3) is 0 Å². The topological polar surface area (TPSA) is 42.0 Å². The summed E-state index contributed by atoms with van der Waals surface area (Å²) in [6.45, 7) is 6.49. The lowest BCUT2D eigenvalue weighted by molar-refractivity contribution is 0.102. The van der Waals surface area contributed by atoms with Gasteiger partial charge in [0.1, 0.15) is 0 Å². The largest absolute Gasteiger partial charge is 0.322 e. The van der Waals surface area contributed by atoms with Gasteiger partial charge in [0.15, 0.2) is 0 Å². The summed E-state index contributed by atoms with van der Waals surface area (Å²) in [4.78, 5) is 16.5. The molecule has 1 heterocycles. The fourth-order valence-corrected chi connectivity index (χ4v) is 2.77. The maximum atomic E-state index is 12.4. The molecular weight excluding hydrogens is 320 g/mol. The van der Waals surface area contributed by atoms with E-state index >= 15 is 0 Å². The molecule has 1 N–H and O–H groups in total. The van der Waals surface area contributed by atoms with Crippen molar-refractivity contribution in [3.8, 4) is 0 Å². The number of pyridine rings is 1. The van der Waals surface area contributed by atoms with E-state index in [1.54, 1.807) is 12.4 Å². The van der Waals surface area contributed by atoms with E-state index in [0.29, 0.717) is 5.56 Å². The van der Waals surface area contributed by atoms with E-state index in [0.717, 1.165) is 12.1 Å². The minimum absolute atomic E-state index is 0.0830. The monoisotopic (exact) mass is 344 g/mol. The summed E-state index contributed by atoms with van der Waals surface area (Å²) in [5.74, 6) is -0.0904. The second-order valence-corrected chi connectivity index (χ2v) is 7.51. The molecule has 3 nitrogen and oxygen atoms in total. The quantitative estimate of drug-likeness (QED) is 0.705. The number of carbonyl (C=O) groups is 1. The number of anilines is 1. The predicted octanol–water partition coefficient (Wildman–Crippen LogP) is 5.22. The Morgan fingerprint density at radius 3 is 2.00 bits per heavy atom. The molecule has 26 heavy (non-hydrogen) atoms. The van der Waals surface area contributed by atoms with Gasteiger partial charge in [-0.15, -0.1) is 0 Å². The van der Waals surface area contributed by atoms with Gasteiger partial charge in [-0.1, -0.05) is 45.0 Å². The molecule has 0 aliphatic heterocycles. The molecule has 3 heteroatoms. The van der Waals surface area contributed by atoms with E-state index in [4.69, 9.17) is 0 Å². The van der Waals surface area contributed by atoms with E-state index in [9.17, 15) is 4.79 Å². The van der Waals surface area contributed by atoms with Crippen LogP contribution in [-0.4, -0.2) is 10.9 Å². The standard InChI is InChI=1S/C23H24N2O/c1-23(2,3)20-8-6-19(7-9-20)22(26)25-21-10-4-17(5-11-21)16-18-12-14-24-15-13-18/h4-15H,16H2,1-3H3,(H,25,26). The molecule has 0 bridgehead atoms.